The zero-order valence-electron chi connectivity index (χ0n) is 12.6. The van der Waals surface area contributed by atoms with Crippen LogP contribution in [-0.4, -0.2) is 42.8 Å². The molecule has 0 aliphatic carbocycles. The van der Waals surface area contributed by atoms with Crippen LogP contribution < -0.4 is 10.6 Å². The molecule has 6 heteroatoms. The van der Waals surface area contributed by atoms with Crippen molar-refractivity contribution in [1.29, 1.82) is 0 Å². The first-order valence-electron chi connectivity index (χ1n) is 6.67. The minimum atomic E-state index is -1.21. The molecule has 0 radical (unpaired) electrons. The Morgan fingerprint density at radius 3 is 2.33 bits per heavy atom. The monoisotopic (exact) mass is 294 g/mol. The van der Waals surface area contributed by atoms with Crippen LogP contribution in [0.15, 0.2) is 24.3 Å². The highest BCUT2D eigenvalue weighted by molar-refractivity contribution is 6.35. The lowest BCUT2D eigenvalue weighted by Crippen LogP contribution is -2.48. The highest BCUT2D eigenvalue weighted by Crippen LogP contribution is 2.03. The molecule has 0 aromatic heterocycles. The summed E-state index contributed by atoms with van der Waals surface area (Å²) in [4.78, 5) is 23.2. The zero-order valence-corrected chi connectivity index (χ0v) is 12.6. The third kappa shape index (κ3) is 6.37. The van der Waals surface area contributed by atoms with Crippen molar-refractivity contribution >= 4 is 11.8 Å². The van der Waals surface area contributed by atoms with Gasteiger partial charge >= 0.3 is 11.8 Å². The van der Waals surface area contributed by atoms with Gasteiger partial charge in [-0.3, -0.25) is 9.59 Å². The van der Waals surface area contributed by atoms with E-state index >= 15 is 0 Å². The Kier molecular flexibility index (Phi) is 6.33. The van der Waals surface area contributed by atoms with Gasteiger partial charge in [-0.15, -0.1) is 0 Å². The zero-order chi connectivity index (χ0) is 15.9. The summed E-state index contributed by atoms with van der Waals surface area (Å²) < 4.78 is 4.81. The third-order valence-electron chi connectivity index (χ3n) is 2.86. The summed E-state index contributed by atoms with van der Waals surface area (Å²) >= 11 is 0. The van der Waals surface area contributed by atoms with Crippen LogP contribution in [0.2, 0.25) is 0 Å². The smallest absolute Gasteiger partial charge is 0.309 e. The van der Waals surface area contributed by atoms with E-state index in [0.29, 0.717) is 0 Å². The predicted octanol–water partition coefficient (Wildman–Crippen LogP) is 0.125. The summed E-state index contributed by atoms with van der Waals surface area (Å²) in [6.07, 6.45) is 0. The first-order valence-corrected chi connectivity index (χ1v) is 6.67. The van der Waals surface area contributed by atoms with Crippen molar-refractivity contribution < 1.29 is 19.4 Å². The van der Waals surface area contributed by atoms with E-state index in [4.69, 9.17) is 4.74 Å². The van der Waals surface area contributed by atoms with Crippen LogP contribution in [0.4, 0.5) is 0 Å². The highest BCUT2D eigenvalue weighted by atomic mass is 16.5. The van der Waals surface area contributed by atoms with Crippen LogP contribution in [-0.2, 0) is 20.9 Å². The average molecular weight is 294 g/mol. The number of ether oxygens (including phenoxy) is 1. The van der Waals surface area contributed by atoms with Gasteiger partial charge in [-0.2, -0.15) is 0 Å². The van der Waals surface area contributed by atoms with Crippen LogP contribution in [0.3, 0.4) is 0 Å². The minimum absolute atomic E-state index is 0.0579. The van der Waals surface area contributed by atoms with Gasteiger partial charge in [0.2, 0.25) is 0 Å². The lowest BCUT2D eigenvalue weighted by molar-refractivity contribution is -0.140. The molecule has 21 heavy (non-hydrogen) atoms. The maximum absolute atomic E-state index is 11.6. The van der Waals surface area contributed by atoms with E-state index in [0.717, 1.165) is 11.1 Å². The average Bonchev–Trinajstić information content (AvgIpc) is 2.44. The van der Waals surface area contributed by atoms with Gasteiger partial charge in [0.05, 0.1) is 6.61 Å². The standard InChI is InChI=1S/C15H22N2O4/c1-11-4-6-12(7-5-11)8-16-13(18)14(19)17-9-15(2,20)10-21-3/h4-7,20H,8-10H2,1-3H3,(H,16,18)(H,17,19). The number of methoxy groups -OCH3 is 1. The molecule has 0 aliphatic heterocycles. The third-order valence-corrected chi connectivity index (χ3v) is 2.86. The number of carbonyl (C=O) groups is 2. The predicted molar refractivity (Wildman–Crippen MR) is 78.5 cm³/mol. The van der Waals surface area contributed by atoms with Crippen molar-refractivity contribution in [2.24, 2.45) is 0 Å². The molecule has 1 rings (SSSR count). The Bertz CT molecular complexity index is 483. The van der Waals surface area contributed by atoms with Gasteiger partial charge in [-0.1, -0.05) is 29.8 Å². The first kappa shape index (κ1) is 17.1. The summed E-state index contributed by atoms with van der Waals surface area (Å²) in [5.74, 6) is -1.51. The quantitative estimate of drug-likeness (QED) is 0.651. The second-order valence-corrected chi connectivity index (χ2v) is 5.28. The molecule has 3 N–H and O–H groups in total. The molecule has 0 saturated carbocycles. The first-order chi connectivity index (χ1) is 9.84. The van der Waals surface area contributed by atoms with Gasteiger partial charge in [0.25, 0.3) is 0 Å². The molecule has 1 aromatic rings. The minimum Gasteiger partial charge on any atom is -0.386 e. The fourth-order valence-electron chi connectivity index (χ4n) is 1.68. The normalized spacial score (nSPS) is 13.3. The molecule has 0 saturated heterocycles. The van der Waals surface area contributed by atoms with Gasteiger partial charge in [0.1, 0.15) is 5.60 Å². The molecule has 0 aliphatic rings. The molecule has 1 atom stereocenters. The second kappa shape index (κ2) is 7.75. The second-order valence-electron chi connectivity index (χ2n) is 5.28. The number of hydrogen-bond donors (Lipinski definition) is 3. The molecule has 116 valence electrons. The molecule has 6 nitrogen and oxygen atoms in total. The molecule has 0 spiro atoms. The van der Waals surface area contributed by atoms with Crippen molar-refractivity contribution in [1.82, 2.24) is 10.6 Å². The SMILES string of the molecule is COCC(C)(O)CNC(=O)C(=O)NCc1ccc(C)cc1. The van der Waals surface area contributed by atoms with Crippen LogP contribution in [0.25, 0.3) is 0 Å². The number of nitrogens with one attached hydrogen (secondary N) is 2. The van der Waals surface area contributed by atoms with Crippen molar-refractivity contribution in [3.63, 3.8) is 0 Å². The molecule has 0 heterocycles. The molecule has 0 bridgehead atoms. The van der Waals surface area contributed by atoms with Crippen LogP contribution in [0.1, 0.15) is 18.1 Å². The largest absolute Gasteiger partial charge is 0.386 e. The van der Waals surface area contributed by atoms with E-state index in [1.54, 1.807) is 0 Å². The Morgan fingerprint density at radius 2 is 1.76 bits per heavy atom. The lowest BCUT2D eigenvalue weighted by atomic mass is 10.1. The van der Waals surface area contributed by atoms with Crippen molar-refractivity contribution in [3.8, 4) is 0 Å². The molecule has 2 amide bonds. The van der Waals surface area contributed by atoms with Gasteiger partial charge in [0.15, 0.2) is 0 Å². The number of aliphatic hydroxyl groups is 1. The van der Waals surface area contributed by atoms with E-state index in [1.165, 1.54) is 14.0 Å². The number of aryl methyl sites for hydroxylation is 1. The highest BCUT2D eigenvalue weighted by Gasteiger charge is 2.23. The van der Waals surface area contributed by atoms with Crippen LogP contribution in [0, 0.1) is 6.92 Å². The molecule has 1 aromatic carbocycles. The number of hydrogen-bond acceptors (Lipinski definition) is 4. The van der Waals surface area contributed by atoms with Crippen LogP contribution >= 0.6 is 0 Å². The topological polar surface area (TPSA) is 87.7 Å². The lowest BCUT2D eigenvalue weighted by Gasteiger charge is -2.22. The van der Waals surface area contributed by atoms with E-state index in [-0.39, 0.29) is 19.7 Å². The molecule has 1 unspecified atom stereocenters. The molecular weight excluding hydrogens is 272 g/mol. The van der Waals surface area contributed by atoms with Gasteiger partial charge in [0, 0.05) is 20.2 Å². The number of carbonyl (C=O) groups excluding carboxylic acids is 2. The van der Waals surface area contributed by atoms with E-state index in [2.05, 4.69) is 10.6 Å². The summed E-state index contributed by atoms with van der Waals surface area (Å²) in [5.41, 5.74) is 0.832. The Labute approximate surface area is 124 Å². The summed E-state index contributed by atoms with van der Waals surface area (Å²) in [6, 6.07) is 7.64. The van der Waals surface area contributed by atoms with Gasteiger partial charge in [-0.25, -0.2) is 0 Å². The molecule has 0 fully saturated rings. The van der Waals surface area contributed by atoms with E-state index in [1.807, 2.05) is 31.2 Å². The van der Waals surface area contributed by atoms with Crippen LogP contribution in [0.5, 0.6) is 0 Å². The van der Waals surface area contributed by atoms with Crippen molar-refractivity contribution in [3.05, 3.63) is 35.4 Å². The maximum Gasteiger partial charge on any atom is 0.309 e. The maximum atomic E-state index is 11.6. The molecular formula is C15H22N2O4. The summed E-state index contributed by atoms with van der Waals surface area (Å²) in [5, 5.41) is 14.7. The number of benzene rings is 1. The number of amides is 2. The number of rotatable bonds is 6. The van der Waals surface area contributed by atoms with Crippen molar-refractivity contribution in [2.75, 3.05) is 20.3 Å². The Hall–Kier alpha value is -1.92. The fraction of sp³-hybridized carbons (Fsp3) is 0.467. The summed E-state index contributed by atoms with van der Waals surface area (Å²) in [7, 11) is 1.45. The van der Waals surface area contributed by atoms with E-state index in [9.17, 15) is 14.7 Å². The fourth-order valence-corrected chi connectivity index (χ4v) is 1.68. The van der Waals surface area contributed by atoms with Crippen molar-refractivity contribution in [2.45, 2.75) is 26.0 Å². The van der Waals surface area contributed by atoms with Gasteiger partial charge in [-0.05, 0) is 19.4 Å². The van der Waals surface area contributed by atoms with E-state index < -0.39 is 17.4 Å². The van der Waals surface area contributed by atoms with Gasteiger partial charge < -0.3 is 20.5 Å². The summed E-state index contributed by atoms with van der Waals surface area (Å²) in [6.45, 7) is 3.78. The Morgan fingerprint density at radius 1 is 1.19 bits per heavy atom. The Balaban J connectivity index is 2.37.